The molecule has 530 valence electrons. The zero-order valence-electron chi connectivity index (χ0n) is 59.1. The summed E-state index contributed by atoms with van der Waals surface area (Å²) in [6.45, 7) is 4.37. The van der Waals surface area contributed by atoms with Gasteiger partial charge >= 0.3 is 5.97 Å². The lowest BCUT2D eigenvalue weighted by Crippen LogP contribution is -2.60. The molecule has 0 saturated carbocycles. The van der Waals surface area contributed by atoms with Crippen LogP contribution in [-0.4, -0.2) is 100 Å². The van der Waals surface area contributed by atoms with E-state index in [2.05, 4.69) is 43.5 Å². The van der Waals surface area contributed by atoms with Crippen molar-refractivity contribution in [3.05, 3.63) is 36.5 Å². The molecule has 0 aromatic heterocycles. The van der Waals surface area contributed by atoms with Crippen LogP contribution in [0.3, 0.4) is 0 Å². The third kappa shape index (κ3) is 56.2. The number of carbonyl (C=O) groups excluding carboxylic acids is 2. The molecule has 0 bridgehead atoms. The maximum absolute atomic E-state index is 13.0. The molecule has 1 amide bonds. The number of hydrogen-bond acceptors (Lipinski definition) is 10. The Labute approximate surface area is 555 Å². The molecule has 0 aromatic carbocycles. The molecule has 1 saturated heterocycles. The summed E-state index contributed by atoms with van der Waals surface area (Å²) in [5.74, 6) is -0.167. The lowest BCUT2D eigenvalue weighted by molar-refractivity contribution is -0.302. The Balaban J connectivity index is 1.87. The molecule has 1 aliphatic heterocycles. The number of carbonyl (C=O) groups is 2. The Bertz CT molecular complexity index is 1590. The van der Waals surface area contributed by atoms with Crippen LogP contribution in [0, 0.1) is 0 Å². The standard InChI is InChI=1S/C79H149NO10/c1-3-5-7-9-11-13-15-16-17-18-34-38-41-44-47-51-55-59-63-67-75(84)88-68-64-60-56-52-48-45-42-39-36-33-31-29-27-25-23-21-19-20-22-24-26-28-30-32-35-37-40-43-46-50-54-58-62-66-74(83)80-71(70-89-79-78(87)77(86)76(85)73(69-81)90-79)72(82)65-61-57-53-49-14-12-10-8-6-4-2/h16-17,23,25,61,65,71-73,76-79,81-82,85-87H,3-15,18-22,24,26-60,62-64,66-70H2,1-2H3,(H,80,83)/b17-16-,25-23-,65-61+. The number of allylic oxidation sites excluding steroid dienone is 5. The second kappa shape index (κ2) is 68.3. The number of hydrogen-bond donors (Lipinski definition) is 6. The summed E-state index contributed by atoms with van der Waals surface area (Å²) in [6, 6.07) is -0.807. The van der Waals surface area contributed by atoms with E-state index in [0.29, 0.717) is 19.4 Å². The molecule has 7 unspecified atom stereocenters. The molecule has 0 spiro atoms. The van der Waals surface area contributed by atoms with E-state index in [1.54, 1.807) is 6.08 Å². The Hall–Kier alpha value is -2.12. The Kier molecular flexibility index (Phi) is 65.2. The van der Waals surface area contributed by atoms with E-state index >= 15 is 0 Å². The van der Waals surface area contributed by atoms with Crippen LogP contribution in [0.4, 0.5) is 0 Å². The van der Waals surface area contributed by atoms with E-state index in [1.807, 2.05) is 6.08 Å². The summed E-state index contributed by atoms with van der Waals surface area (Å²) < 4.78 is 16.8. The molecule has 0 radical (unpaired) electrons. The highest BCUT2D eigenvalue weighted by Gasteiger charge is 2.44. The zero-order chi connectivity index (χ0) is 65.1. The number of aliphatic hydroxyl groups is 5. The monoisotopic (exact) mass is 1270 g/mol. The summed E-state index contributed by atoms with van der Waals surface area (Å²) in [6.07, 6.45) is 78.9. The summed E-state index contributed by atoms with van der Waals surface area (Å²) in [5.41, 5.74) is 0. The van der Waals surface area contributed by atoms with Gasteiger partial charge in [-0.2, -0.15) is 0 Å². The van der Waals surface area contributed by atoms with Gasteiger partial charge in [0, 0.05) is 12.8 Å². The topological polar surface area (TPSA) is 175 Å². The molecule has 1 heterocycles. The van der Waals surface area contributed by atoms with Crippen LogP contribution in [0.2, 0.25) is 0 Å². The van der Waals surface area contributed by atoms with E-state index in [1.165, 1.54) is 308 Å². The Morgan fingerprint density at radius 1 is 0.400 bits per heavy atom. The van der Waals surface area contributed by atoms with E-state index in [9.17, 15) is 35.1 Å². The van der Waals surface area contributed by atoms with Gasteiger partial charge in [-0.15, -0.1) is 0 Å². The molecule has 90 heavy (non-hydrogen) atoms. The minimum atomic E-state index is -1.57. The van der Waals surface area contributed by atoms with Gasteiger partial charge in [0.25, 0.3) is 0 Å². The van der Waals surface area contributed by atoms with E-state index in [0.717, 1.165) is 57.8 Å². The molecule has 1 fully saturated rings. The fourth-order valence-corrected chi connectivity index (χ4v) is 12.5. The SMILES string of the molecule is CCCCCCCC/C=C\CCCCCCCCCCCC(=O)OCCCCCCCCCCCCCC/C=C\CCCCCCCCCCCCCCCCCCCC(=O)NC(COC1OC(CO)C(O)C(O)C1O)C(O)/C=C/CCCCCCCCCC. The van der Waals surface area contributed by atoms with Crippen LogP contribution in [0.1, 0.15) is 393 Å². The highest BCUT2D eigenvalue weighted by Crippen LogP contribution is 2.24. The minimum Gasteiger partial charge on any atom is -0.466 e. The summed E-state index contributed by atoms with van der Waals surface area (Å²) in [4.78, 5) is 25.2. The first-order valence-electron chi connectivity index (χ1n) is 39.3. The summed E-state index contributed by atoms with van der Waals surface area (Å²) >= 11 is 0. The number of nitrogens with one attached hydrogen (secondary N) is 1. The molecule has 1 rings (SSSR count). The van der Waals surface area contributed by atoms with Gasteiger partial charge in [-0.1, -0.05) is 333 Å². The third-order valence-electron chi connectivity index (χ3n) is 18.7. The van der Waals surface area contributed by atoms with Crippen molar-refractivity contribution in [2.24, 2.45) is 0 Å². The number of unbranched alkanes of at least 4 members (excludes halogenated alkanes) is 52. The predicted octanol–water partition coefficient (Wildman–Crippen LogP) is 20.9. The first-order valence-corrected chi connectivity index (χ1v) is 39.3. The number of ether oxygens (including phenoxy) is 3. The molecule has 7 atom stereocenters. The fourth-order valence-electron chi connectivity index (χ4n) is 12.5. The fraction of sp³-hybridized carbons (Fsp3) is 0.899. The van der Waals surface area contributed by atoms with Crippen molar-refractivity contribution in [1.29, 1.82) is 0 Å². The minimum absolute atomic E-state index is 0.0116. The number of rotatable bonds is 70. The van der Waals surface area contributed by atoms with Crippen LogP contribution in [-0.2, 0) is 23.8 Å². The first kappa shape index (κ1) is 85.9. The van der Waals surface area contributed by atoms with Crippen LogP contribution < -0.4 is 5.32 Å². The van der Waals surface area contributed by atoms with Crippen molar-refractivity contribution < 1.29 is 49.3 Å². The second-order valence-corrected chi connectivity index (χ2v) is 27.4. The largest absolute Gasteiger partial charge is 0.466 e. The number of aliphatic hydroxyl groups excluding tert-OH is 5. The van der Waals surface area contributed by atoms with Gasteiger partial charge in [-0.3, -0.25) is 9.59 Å². The Morgan fingerprint density at radius 2 is 0.711 bits per heavy atom. The lowest BCUT2D eigenvalue weighted by Gasteiger charge is -2.40. The molecule has 11 nitrogen and oxygen atoms in total. The molecule has 11 heteroatoms. The maximum atomic E-state index is 13.0. The molecular weight excluding hydrogens is 1120 g/mol. The van der Waals surface area contributed by atoms with Crippen LogP contribution in [0.15, 0.2) is 36.5 Å². The van der Waals surface area contributed by atoms with Crippen molar-refractivity contribution in [1.82, 2.24) is 5.32 Å². The summed E-state index contributed by atoms with van der Waals surface area (Å²) in [7, 11) is 0. The number of amides is 1. The van der Waals surface area contributed by atoms with Crippen molar-refractivity contribution in [3.8, 4) is 0 Å². The van der Waals surface area contributed by atoms with Crippen molar-refractivity contribution in [3.63, 3.8) is 0 Å². The molecular formula is C79H149NO10. The lowest BCUT2D eigenvalue weighted by atomic mass is 9.99. The van der Waals surface area contributed by atoms with E-state index < -0.39 is 49.5 Å². The second-order valence-electron chi connectivity index (χ2n) is 27.4. The zero-order valence-corrected chi connectivity index (χ0v) is 59.1. The molecule has 0 aromatic rings. The average molecular weight is 1270 g/mol. The van der Waals surface area contributed by atoms with Gasteiger partial charge in [0.05, 0.1) is 32.0 Å². The Morgan fingerprint density at radius 3 is 1.07 bits per heavy atom. The molecule has 0 aliphatic carbocycles. The van der Waals surface area contributed by atoms with Crippen molar-refractivity contribution >= 4 is 11.9 Å². The van der Waals surface area contributed by atoms with Gasteiger partial charge in [0.2, 0.25) is 5.91 Å². The third-order valence-corrected chi connectivity index (χ3v) is 18.7. The number of esters is 1. The quantitative estimate of drug-likeness (QED) is 0.0195. The van der Waals surface area contributed by atoms with Gasteiger partial charge in [-0.25, -0.2) is 0 Å². The van der Waals surface area contributed by atoms with Gasteiger partial charge in [0.1, 0.15) is 24.4 Å². The van der Waals surface area contributed by atoms with Gasteiger partial charge in [-0.05, 0) is 83.5 Å². The molecule has 1 aliphatic rings. The van der Waals surface area contributed by atoms with E-state index in [4.69, 9.17) is 14.2 Å². The average Bonchev–Trinajstić information content (AvgIpc) is 1.93. The van der Waals surface area contributed by atoms with Crippen LogP contribution in [0.5, 0.6) is 0 Å². The van der Waals surface area contributed by atoms with Crippen LogP contribution >= 0.6 is 0 Å². The highest BCUT2D eigenvalue weighted by molar-refractivity contribution is 5.76. The maximum Gasteiger partial charge on any atom is 0.305 e. The predicted molar refractivity (Wildman–Crippen MR) is 380 cm³/mol. The van der Waals surface area contributed by atoms with E-state index in [-0.39, 0.29) is 18.5 Å². The normalized spacial score (nSPS) is 17.8. The van der Waals surface area contributed by atoms with Crippen molar-refractivity contribution in [2.45, 2.75) is 436 Å². The molecule has 6 N–H and O–H groups in total. The first-order chi connectivity index (χ1) is 44.2. The van der Waals surface area contributed by atoms with Crippen LogP contribution in [0.25, 0.3) is 0 Å². The van der Waals surface area contributed by atoms with Crippen molar-refractivity contribution in [2.75, 3.05) is 19.8 Å². The smallest absolute Gasteiger partial charge is 0.305 e. The van der Waals surface area contributed by atoms with Gasteiger partial charge < -0.3 is 45.1 Å². The summed E-state index contributed by atoms with van der Waals surface area (Å²) in [5, 5.41) is 54.4. The highest BCUT2D eigenvalue weighted by atomic mass is 16.7. The van der Waals surface area contributed by atoms with Gasteiger partial charge in [0.15, 0.2) is 6.29 Å².